The first-order valence-electron chi connectivity index (χ1n) is 8.99. The van der Waals surface area contributed by atoms with Crippen LogP contribution in [0, 0.1) is 15.4 Å². The first kappa shape index (κ1) is 16.6. The summed E-state index contributed by atoms with van der Waals surface area (Å²) >= 11 is 2.49. The van der Waals surface area contributed by atoms with Gasteiger partial charge in [0.1, 0.15) is 0 Å². The van der Waals surface area contributed by atoms with Gasteiger partial charge in [0.25, 0.3) is 0 Å². The number of likely N-dealkylation sites (tertiary alicyclic amines) is 1. The van der Waals surface area contributed by atoms with E-state index in [2.05, 4.69) is 96.8 Å². The van der Waals surface area contributed by atoms with Crippen molar-refractivity contribution in [2.75, 3.05) is 13.1 Å². The summed E-state index contributed by atoms with van der Waals surface area (Å²) in [5, 5.41) is 0. The van der Waals surface area contributed by atoms with Gasteiger partial charge in [0, 0.05) is 23.2 Å². The molecule has 1 aliphatic heterocycles. The van der Waals surface area contributed by atoms with E-state index in [9.17, 15) is 0 Å². The second-order valence-corrected chi connectivity index (χ2v) is 9.80. The Balaban J connectivity index is 1.44. The Bertz CT molecular complexity index is 719. The van der Waals surface area contributed by atoms with Crippen LogP contribution < -0.4 is 0 Å². The highest BCUT2D eigenvalue weighted by Crippen LogP contribution is 2.58. The van der Waals surface area contributed by atoms with E-state index < -0.39 is 0 Å². The molecular weight excluding hydrogens is 405 g/mol. The molecule has 4 rings (SSSR count). The van der Waals surface area contributed by atoms with Crippen molar-refractivity contribution in [3.05, 3.63) is 68.8 Å². The molecule has 2 aliphatic rings. The molecule has 3 atom stereocenters. The zero-order chi connectivity index (χ0) is 16.9. The van der Waals surface area contributed by atoms with Gasteiger partial charge >= 0.3 is 0 Å². The minimum absolute atomic E-state index is 0.235. The van der Waals surface area contributed by atoms with Crippen molar-refractivity contribution in [2.45, 2.75) is 38.6 Å². The zero-order valence-corrected chi connectivity index (χ0v) is 17.0. The Hall–Kier alpha value is -0.870. The van der Waals surface area contributed by atoms with E-state index in [0.29, 0.717) is 0 Å². The SMILES string of the molecule is CC(C)(C)c1cc(I)cc([C@H]2[C@@H]3CN(Cc4ccccc4)C[C@@H]32)c1. The van der Waals surface area contributed by atoms with Crippen molar-refractivity contribution >= 4 is 22.6 Å². The molecule has 2 heteroatoms. The highest BCUT2D eigenvalue weighted by Gasteiger charge is 2.56. The van der Waals surface area contributed by atoms with Crippen LogP contribution in [-0.4, -0.2) is 18.0 Å². The molecule has 1 heterocycles. The predicted molar refractivity (Wildman–Crippen MR) is 109 cm³/mol. The molecule has 0 aromatic heterocycles. The molecule has 2 aromatic rings. The number of hydrogen-bond acceptors (Lipinski definition) is 1. The molecule has 0 spiro atoms. The number of nitrogens with zero attached hydrogens (tertiary/aromatic N) is 1. The topological polar surface area (TPSA) is 3.24 Å². The van der Waals surface area contributed by atoms with Crippen LogP contribution in [0.3, 0.4) is 0 Å². The monoisotopic (exact) mass is 431 g/mol. The van der Waals surface area contributed by atoms with Crippen LogP contribution >= 0.6 is 22.6 Å². The summed E-state index contributed by atoms with van der Waals surface area (Å²) < 4.78 is 1.39. The quantitative estimate of drug-likeness (QED) is 0.586. The molecule has 0 radical (unpaired) electrons. The smallest absolute Gasteiger partial charge is 0.0233 e. The third-order valence-electron chi connectivity index (χ3n) is 5.69. The molecule has 1 saturated carbocycles. The summed E-state index contributed by atoms with van der Waals surface area (Å²) in [5.41, 5.74) is 4.75. The predicted octanol–water partition coefficient (Wildman–Crippen LogP) is 5.43. The lowest BCUT2D eigenvalue weighted by Crippen LogP contribution is -2.23. The highest BCUT2D eigenvalue weighted by atomic mass is 127. The summed E-state index contributed by atoms with van der Waals surface area (Å²) in [5.74, 6) is 2.55. The lowest BCUT2D eigenvalue weighted by molar-refractivity contribution is 0.290. The van der Waals surface area contributed by atoms with Crippen LogP contribution in [0.1, 0.15) is 43.4 Å². The molecule has 2 fully saturated rings. The van der Waals surface area contributed by atoms with E-state index in [0.717, 1.165) is 24.3 Å². The van der Waals surface area contributed by atoms with E-state index >= 15 is 0 Å². The second-order valence-electron chi connectivity index (χ2n) is 8.56. The number of piperidine rings is 1. The third kappa shape index (κ3) is 3.28. The standard InChI is InChI=1S/C22H26IN/c1-22(2,3)17-9-16(10-18(23)11-17)21-19-13-24(14-20(19)21)12-15-7-5-4-6-8-15/h4-11,19-21H,12-14H2,1-3H3/t19-,20+,21+. The van der Waals surface area contributed by atoms with Crippen LogP contribution in [-0.2, 0) is 12.0 Å². The van der Waals surface area contributed by atoms with Gasteiger partial charge in [-0.2, -0.15) is 0 Å². The maximum absolute atomic E-state index is 2.64. The summed E-state index contributed by atoms with van der Waals surface area (Å²) in [7, 11) is 0. The van der Waals surface area contributed by atoms with Crippen LogP contribution in [0.15, 0.2) is 48.5 Å². The molecule has 0 N–H and O–H groups in total. The number of rotatable bonds is 3. The van der Waals surface area contributed by atoms with Gasteiger partial charge in [0.05, 0.1) is 0 Å². The summed E-state index contributed by atoms with van der Waals surface area (Å²) in [6.07, 6.45) is 0. The highest BCUT2D eigenvalue weighted by molar-refractivity contribution is 14.1. The normalized spacial score (nSPS) is 26.4. The van der Waals surface area contributed by atoms with Crippen molar-refractivity contribution in [1.82, 2.24) is 4.90 Å². The molecule has 0 bridgehead atoms. The third-order valence-corrected chi connectivity index (χ3v) is 6.31. The maximum atomic E-state index is 2.64. The molecule has 1 nitrogen and oxygen atoms in total. The van der Waals surface area contributed by atoms with Crippen molar-refractivity contribution in [1.29, 1.82) is 0 Å². The summed E-state index contributed by atoms with van der Waals surface area (Å²) in [6, 6.07) is 18.1. The van der Waals surface area contributed by atoms with Crippen molar-refractivity contribution in [3.8, 4) is 0 Å². The molecule has 0 unspecified atom stereocenters. The second kappa shape index (κ2) is 6.14. The van der Waals surface area contributed by atoms with Gasteiger partial charge in [-0.1, -0.05) is 57.2 Å². The van der Waals surface area contributed by atoms with E-state index in [-0.39, 0.29) is 5.41 Å². The van der Waals surface area contributed by atoms with Crippen LogP contribution in [0.2, 0.25) is 0 Å². The zero-order valence-electron chi connectivity index (χ0n) is 14.8. The van der Waals surface area contributed by atoms with Crippen molar-refractivity contribution in [3.63, 3.8) is 0 Å². The average molecular weight is 431 g/mol. The van der Waals surface area contributed by atoms with Gasteiger partial charge in [-0.15, -0.1) is 0 Å². The lowest BCUT2D eigenvalue weighted by atomic mass is 9.85. The summed E-state index contributed by atoms with van der Waals surface area (Å²) in [4.78, 5) is 2.64. The first-order chi connectivity index (χ1) is 11.4. The van der Waals surface area contributed by atoms with Crippen LogP contribution in [0.25, 0.3) is 0 Å². The van der Waals surface area contributed by atoms with Gasteiger partial charge in [-0.25, -0.2) is 0 Å². The first-order valence-corrected chi connectivity index (χ1v) is 10.1. The minimum Gasteiger partial charge on any atom is -0.298 e. The fraction of sp³-hybridized carbons (Fsp3) is 0.455. The minimum atomic E-state index is 0.235. The van der Waals surface area contributed by atoms with Gasteiger partial charge in [-0.3, -0.25) is 4.90 Å². The molecule has 1 saturated heterocycles. The van der Waals surface area contributed by atoms with E-state index in [1.54, 1.807) is 5.56 Å². The largest absolute Gasteiger partial charge is 0.298 e. The van der Waals surface area contributed by atoms with Gasteiger partial charge < -0.3 is 0 Å². The Kier molecular flexibility index (Phi) is 4.24. The molecule has 1 aliphatic carbocycles. The molecule has 2 aromatic carbocycles. The molecule has 0 amide bonds. The number of benzene rings is 2. The molecule has 24 heavy (non-hydrogen) atoms. The van der Waals surface area contributed by atoms with E-state index in [1.165, 1.54) is 27.8 Å². The van der Waals surface area contributed by atoms with E-state index in [4.69, 9.17) is 0 Å². The Morgan fingerprint density at radius 2 is 1.67 bits per heavy atom. The Morgan fingerprint density at radius 1 is 1.00 bits per heavy atom. The average Bonchev–Trinajstić information content (AvgIpc) is 3.03. The van der Waals surface area contributed by atoms with Crippen LogP contribution in [0.5, 0.6) is 0 Å². The van der Waals surface area contributed by atoms with E-state index in [1.807, 2.05) is 0 Å². The Labute approximate surface area is 159 Å². The van der Waals surface area contributed by atoms with Crippen molar-refractivity contribution < 1.29 is 0 Å². The van der Waals surface area contributed by atoms with Crippen molar-refractivity contribution in [2.24, 2.45) is 11.8 Å². The number of hydrogen-bond donors (Lipinski definition) is 0. The molecular formula is C22H26IN. The maximum Gasteiger partial charge on any atom is 0.0233 e. The molecule has 126 valence electrons. The fourth-order valence-corrected chi connectivity index (χ4v) is 5.01. The number of fused-ring (bicyclic) bond motifs is 1. The number of halogens is 1. The summed E-state index contributed by atoms with van der Waals surface area (Å²) in [6.45, 7) is 10.6. The van der Waals surface area contributed by atoms with Crippen LogP contribution in [0.4, 0.5) is 0 Å². The Morgan fingerprint density at radius 3 is 2.29 bits per heavy atom. The van der Waals surface area contributed by atoms with Gasteiger partial charge in [0.2, 0.25) is 0 Å². The van der Waals surface area contributed by atoms with Gasteiger partial charge in [-0.05, 0) is 74.6 Å². The lowest BCUT2D eigenvalue weighted by Gasteiger charge is -2.22. The fourth-order valence-electron chi connectivity index (χ4n) is 4.32. The van der Waals surface area contributed by atoms with Gasteiger partial charge in [0.15, 0.2) is 0 Å².